The van der Waals surface area contributed by atoms with Gasteiger partial charge in [-0.1, -0.05) is 12.1 Å². The van der Waals surface area contributed by atoms with Crippen LogP contribution in [0, 0.1) is 12.8 Å². The first-order valence-electron chi connectivity index (χ1n) is 11.3. The Morgan fingerprint density at radius 3 is 2.90 bits per heavy atom. The second-order valence-electron chi connectivity index (χ2n) is 8.92. The molecule has 4 N–H and O–H groups in total. The first-order chi connectivity index (χ1) is 15.1. The molecule has 164 valence electrons. The van der Waals surface area contributed by atoms with E-state index in [1.165, 1.54) is 6.42 Å². The van der Waals surface area contributed by atoms with Gasteiger partial charge in [0.15, 0.2) is 12.4 Å². The lowest BCUT2D eigenvalue weighted by molar-refractivity contribution is -0.123. The molecule has 0 bridgehead atoms. The maximum absolute atomic E-state index is 11.9. The highest BCUT2D eigenvalue weighted by Gasteiger charge is 2.33. The molecule has 1 saturated heterocycles. The summed E-state index contributed by atoms with van der Waals surface area (Å²) in [5, 5.41) is 6.57. The van der Waals surface area contributed by atoms with E-state index in [1.807, 2.05) is 37.3 Å². The Bertz CT molecular complexity index is 947. The van der Waals surface area contributed by atoms with E-state index >= 15 is 0 Å². The number of nitrogens with one attached hydrogen (secondary N) is 4. The number of hydrogen-bond acceptors (Lipinski definition) is 7. The summed E-state index contributed by atoms with van der Waals surface area (Å²) in [6.45, 7) is 3.04. The summed E-state index contributed by atoms with van der Waals surface area (Å²) >= 11 is 0. The zero-order valence-electron chi connectivity index (χ0n) is 17.9. The Hall–Kier alpha value is -2.71. The molecule has 5 rings (SSSR count). The van der Waals surface area contributed by atoms with Gasteiger partial charge in [-0.15, -0.1) is 0 Å². The van der Waals surface area contributed by atoms with Crippen LogP contribution in [0.2, 0.25) is 0 Å². The van der Waals surface area contributed by atoms with Gasteiger partial charge in [0.25, 0.3) is 5.91 Å². The van der Waals surface area contributed by atoms with E-state index in [9.17, 15) is 4.79 Å². The van der Waals surface area contributed by atoms with Crippen LogP contribution in [0.3, 0.4) is 0 Å². The lowest BCUT2D eigenvalue weighted by Gasteiger charge is -2.31. The first-order valence-corrected chi connectivity index (χ1v) is 11.3. The van der Waals surface area contributed by atoms with Crippen molar-refractivity contribution in [1.82, 2.24) is 26.1 Å². The molecular formula is C23H30N6O2. The molecule has 2 aromatic rings. The molecule has 1 aromatic carbocycles. The lowest BCUT2D eigenvalue weighted by Crippen LogP contribution is -2.39. The van der Waals surface area contributed by atoms with Gasteiger partial charge in [0.1, 0.15) is 11.6 Å². The summed E-state index contributed by atoms with van der Waals surface area (Å²) < 4.78 is 5.69. The number of benzene rings is 1. The Balaban J connectivity index is 1.25. The topological polar surface area (TPSA) is 100 Å². The van der Waals surface area contributed by atoms with Crippen molar-refractivity contribution in [1.29, 1.82) is 0 Å². The highest BCUT2D eigenvalue weighted by atomic mass is 16.5. The van der Waals surface area contributed by atoms with E-state index in [0.29, 0.717) is 35.6 Å². The molecule has 2 heterocycles. The number of fused-ring (bicyclic) bond motifs is 1. The van der Waals surface area contributed by atoms with Gasteiger partial charge in [-0.3, -0.25) is 15.6 Å². The fourth-order valence-electron chi connectivity index (χ4n) is 4.48. The Kier molecular flexibility index (Phi) is 5.74. The molecule has 1 aromatic heterocycles. The van der Waals surface area contributed by atoms with E-state index < -0.39 is 0 Å². The third-order valence-electron chi connectivity index (χ3n) is 6.24. The van der Waals surface area contributed by atoms with Crippen LogP contribution in [0.15, 0.2) is 30.3 Å². The molecule has 1 aliphatic heterocycles. The molecule has 2 aliphatic carbocycles. The highest BCUT2D eigenvalue weighted by molar-refractivity contribution is 5.78. The van der Waals surface area contributed by atoms with Crippen molar-refractivity contribution in [2.24, 2.45) is 5.92 Å². The van der Waals surface area contributed by atoms with Gasteiger partial charge < -0.3 is 15.4 Å². The van der Waals surface area contributed by atoms with E-state index in [4.69, 9.17) is 9.72 Å². The predicted molar refractivity (Wildman–Crippen MR) is 119 cm³/mol. The molecule has 3 unspecified atom stereocenters. The summed E-state index contributed by atoms with van der Waals surface area (Å²) in [5.74, 6) is 2.75. The number of rotatable bonds is 7. The Morgan fingerprint density at radius 1 is 1.16 bits per heavy atom. The van der Waals surface area contributed by atoms with Crippen molar-refractivity contribution in [3.63, 3.8) is 0 Å². The number of aryl methyl sites for hydroxylation is 1. The number of ether oxygens (including phenoxy) is 1. The molecule has 2 saturated carbocycles. The van der Waals surface area contributed by atoms with Gasteiger partial charge in [-0.25, -0.2) is 9.97 Å². The monoisotopic (exact) mass is 422 g/mol. The predicted octanol–water partition coefficient (Wildman–Crippen LogP) is 2.17. The zero-order chi connectivity index (χ0) is 21.2. The molecule has 0 spiro atoms. The minimum absolute atomic E-state index is 0.0228. The third kappa shape index (κ3) is 5.14. The van der Waals surface area contributed by atoms with Crippen molar-refractivity contribution in [3.05, 3.63) is 36.0 Å². The fourth-order valence-corrected chi connectivity index (χ4v) is 4.48. The second kappa shape index (κ2) is 8.80. The van der Waals surface area contributed by atoms with Crippen molar-refractivity contribution < 1.29 is 9.53 Å². The van der Waals surface area contributed by atoms with E-state index in [2.05, 4.69) is 26.5 Å². The van der Waals surface area contributed by atoms with E-state index in [1.54, 1.807) is 0 Å². The van der Waals surface area contributed by atoms with Crippen molar-refractivity contribution in [2.45, 2.75) is 57.2 Å². The van der Waals surface area contributed by atoms with Crippen LogP contribution in [-0.4, -0.2) is 47.2 Å². The normalized spacial score (nSPS) is 25.0. The third-order valence-corrected chi connectivity index (χ3v) is 6.24. The summed E-state index contributed by atoms with van der Waals surface area (Å²) in [5.41, 5.74) is 8.45. The molecule has 0 radical (unpaired) electrons. The van der Waals surface area contributed by atoms with E-state index in [0.717, 1.165) is 49.3 Å². The molecule has 3 fully saturated rings. The quantitative estimate of drug-likeness (QED) is 0.543. The summed E-state index contributed by atoms with van der Waals surface area (Å²) in [7, 11) is 0. The number of amides is 1. The second-order valence-corrected chi connectivity index (χ2v) is 8.92. The Morgan fingerprint density at radius 2 is 2.03 bits per heavy atom. The van der Waals surface area contributed by atoms with Gasteiger partial charge in [-0.2, -0.15) is 0 Å². The zero-order valence-corrected chi connectivity index (χ0v) is 17.9. The number of hydrogen-bond donors (Lipinski definition) is 4. The van der Waals surface area contributed by atoms with Crippen LogP contribution < -0.4 is 26.2 Å². The van der Waals surface area contributed by atoms with Crippen molar-refractivity contribution in [3.8, 4) is 17.1 Å². The van der Waals surface area contributed by atoms with Gasteiger partial charge in [0.05, 0.1) is 0 Å². The SMILES string of the molecule is Cc1cc(NC2CCC3NNCC3C2)nc(-c2cccc(OCC(=O)NC3CC3)c2)n1. The average molecular weight is 423 g/mol. The molecule has 8 nitrogen and oxygen atoms in total. The van der Waals surface area contributed by atoms with Gasteiger partial charge in [-0.05, 0) is 57.1 Å². The Labute approximate surface area is 182 Å². The van der Waals surface area contributed by atoms with E-state index in [-0.39, 0.29) is 12.5 Å². The fraction of sp³-hybridized carbons (Fsp3) is 0.522. The number of hydrazine groups is 1. The minimum atomic E-state index is -0.0754. The smallest absolute Gasteiger partial charge is 0.258 e. The number of anilines is 1. The minimum Gasteiger partial charge on any atom is -0.484 e. The molecule has 1 amide bonds. The first kappa shape index (κ1) is 20.2. The molecule has 31 heavy (non-hydrogen) atoms. The van der Waals surface area contributed by atoms with Gasteiger partial charge >= 0.3 is 0 Å². The number of carbonyl (C=O) groups is 1. The van der Waals surface area contributed by atoms with Gasteiger partial charge in [0, 0.05) is 42.0 Å². The van der Waals surface area contributed by atoms with Crippen LogP contribution in [-0.2, 0) is 4.79 Å². The van der Waals surface area contributed by atoms with Crippen LogP contribution in [0.1, 0.15) is 37.8 Å². The number of nitrogens with zero attached hydrogens (tertiary/aromatic N) is 2. The van der Waals surface area contributed by atoms with Crippen molar-refractivity contribution >= 4 is 11.7 Å². The largest absolute Gasteiger partial charge is 0.484 e. The van der Waals surface area contributed by atoms with Crippen LogP contribution in [0.5, 0.6) is 5.75 Å². The lowest BCUT2D eigenvalue weighted by atomic mass is 9.83. The van der Waals surface area contributed by atoms with Crippen LogP contribution >= 0.6 is 0 Å². The van der Waals surface area contributed by atoms with Gasteiger partial charge in [0.2, 0.25) is 0 Å². The number of aromatic nitrogens is 2. The van der Waals surface area contributed by atoms with Crippen LogP contribution in [0.25, 0.3) is 11.4 Å². The van der Waals surface area contributed by atoms with Crippen molar-refractivity contribution in [2.75, 3.05) is 18.5 Å². The summed E-state index contributed by atoms with van der Waals surface area (Å²) in [4.78, 5) is 21.3. The molecule has 3 atom stereocenters. The molecule has 8 heteroatoms. The maximum Gasteiger partial charge on any atom is 0.258 e. The van der Waals surface area contributed by atoms with Crippen LogP contribution in [0.4, 0.5) is 5.82 Å². The maximum atomic E-state index is 11.9. The average Bonchev–Trinajstić information content (AvgIpc) is 3.45. The summed E-state index contributed by atoms with van der Waals surface area (Å²) in [6, 6.07) is 11.0. The molecular weight excluding hydrogens is 392 g/mol. The molecule has 3 aliphatic rings. The standard InChI is InChI=1S/C23H30N6O2/c1-14-9-21(26-18-7-8-20-16(10-18)12-24-29-20)28-23(25-14)15-3-2-4-19(11-15)31-13-22(30)27-17-5-6-17/h2-4,9,11,16-18,20,24,29H,5-8,10,12-13H2,1H3,(H,27,30)(H,25,26,28). The summed E-state index contributed by atoms with van der Waals surface area (Å²) in [6.07, 6.45) is 5.56. The highest BCUT2D eigenvalue weighted by Crippen LogP contribution is 2.29. The number of carbonyl (C=O) groups excluding carboxylic acids is 1.